The average Bonchev–Trinajstić information content (AvgIpc) is 3.51. The van der Waals surface area contributed by atoms with Gasteiger partial charge in [0.2, 0.25) is 0 Å². The summed E-state index contributed by atoms with van der Waals surface area (Å²) in [6.45, 7) is 4.77. The molecular weight excluding hydrogens is 472 g/mol. The molecule has 0 aromatic carbocycles. The lowest BCUT2D eigenvalue weighted by Crippen LogP contribution is -2.40. The van der Waals surface area contributed by atoms with E-state index in [1.165, 1.54) is 0 Å². The number of thiocarbonyl (C=S) groups is 2. The van der Waals surface area contributed by atoms with E-state index in [-0.39, 0.29) is 23.7 Å². The molecule has 0 spiro atoms. The van der Waals surface area contributed by atoms with E-state index < -0.39 is 61.4 Å². The van der Waals surface area contributed by atoms with Crippen molar-refractivity contribution in [1.29, 1.82) is 0 Å². The normalized spacial score (nSPS) is 43.2. The van der Waals surface area contributed by atoms with Crippen LogP contribution in [-0.2, 0) is 37.9 Å². The average molecular weight is 501 g/mol. The lowest BCUT2D eigenvalue weighted by molar-refractivity contribution is -0.172. The van der Waals surface area contributed by atoms with Crippen molar-refractivity contribution in [2.24, 2.45) is 0 Å². The van der Waals surface area contributed by atoms with Crippen LogP contribution in [-0.4, -0.2) is 119 Å². The first-order valence-electron chi connectivity index (χ1n) is 10.2. The van der Waals surface area contributed by atoms with Gasteiger partial charge in [0.25, 0.3) is 0 Å². The van der Waals surface area contributed by atoms with Crippen molar-refractivity contribution in [2.75, 3.05) is 26.4 Å². The fourth-order valence-electron chi connectivity index (χ4n) is 3.57. The number of hydrogen-bond acceptors (Lipinski definition) is 14. The fourth-order valence-corrected chi connectivity index (χ4v) is 3.95. The maximum Gasteiger partial charge on any atom is 0.352 e. The van der Waals surface area contributed by atoms with E-state index in [1.54, 1.807) is 13.8 Å². The van der Waals surface area contributed by atoms with Crippen molar-refractivity contribution in [3.8, 4) is 0 Å². The Morgan fingerprint density at radius 1 is 0.719 bits per heavy atom. The number of aliphatic hydroxyl groups is 4. The van der Waals surface area contributed by atoms with Crippen LogP contribution in [0.1, 0.15) is 13.8 Å². The van der Waals surface area contributed by atoms with Crippen LogP contribution in [0, 0.1) is 0 Å². The molecule has 0 aliphatic carbocycles. The molecule has 4 heterocycles. The van der Waals surface area contributed by atoms with E-state index >= 15 is 0 Å². The van der Waals surface area contributed by atoms with E-state index in [0.717, 1.165) is 0 Å². The molecule has 14 heteroatoms. The van der Waals surface area contributed by atoms with E-state index in [2.05, 4.69) is 0 Å². The van der Waals surface area contributed by atoms with Crippen molar-refractivity contribution in [3.05, 3.63) is 0 Å². The third-order valence-corrected chi connectivity index (χ3v) is 5.56. The van der Waals surface area contributed by atoms with Crippen LogP contribution in [0.4, 0.5) is 0 Å². The maximum atomic E-state index is 9.77. The largest absolute Gasteiger partial charge is 0.453 e. The smallest absolute Gasteiger partial charge is 0.352 e. The molecule has 12 nitrogen and oxygen atoms in total. The van der Waals surface area contributed by atoms with Crippen LogP contribution >= 0.6 is 24.4 Å². The minimum Gasteiger partial charge on any atom is -0.453 e. The van der Waals surface area contributed by atoms with Crippen molar-refractivity contribution in [2.45, 2.75) is 75.3 Å². The molecule has 184 valence electrons. The topological polar surface area (TPSA) is 155 Å². The molecule has 4 aliphatic heterocycles. The van der Waals surface area contributed by atoms with Gasteiger partial charge in [-0.25, -0.2) is 0 Å². The first kappa shape index (κ1) is 25.7. The molecule has 4 N–H and O–H groups in total. The third-order valence-electron chi connectivity index (χ3n) is 5.13. The predicted octanol–water partition coefficient (Wildman–Crippen LogP) is -1.66. The Morgan fingerprint density at radius 2 is 1.09 bits per heavy atom. The highest BCUT2D eigenvalue weighted by atomic mass is 32.1. The standard InChI is InChI=1S/2C9H14O6S/c2*1-2-12-8-6(11)5(10)7(15-8)4-3-13-9(16)14-4/h2*4-8,10-11H,2-3H2,1H3. The van der Waals surface area contributed by atoms with Crippen LogP contribution in [0.15, 0.2) is 0 Å². The van der Waals surface area contributed by atoms with Crippen molar-refractivity contribution in [3.63, 3.8) is 0 Å². The minimum atomic E-state index is -1.08. The summed E-state index contributed by atoms with van der Waals surface area (Å²) in [4.78, 5) is 0. The van der Waals surface area contributed by atoms with Gasteiger partial charge >= 0.3 is 10.5 Å². The second-order valence-electron chi connectivity index (χ2n) is 7.25. The van der Waals surface area contributed by atoms with E-state index in [4.69, 9.17) is 62.3 Å². The summed E-state index contributed by atoms with van der Waals surface area (Å²) in [5.74, 6) is 0. The maximum absolute atomic E-state index is 9.77. The van der Waals surface area contributed by atoms with Gasteiger partial charge in [-0.05, 0) is 13.8 Å². The Kier molecular flexibility index (Phi) is 9.20. The number of rotatable bonds is 6. The molecule has 32 heavy (non-hydrogen) atoms. The van der Waals surface area contributed by atoms with Gasteiger partial charge in [-0.1, -0.05) is 0 Å². The van der Waals surface area contributed by atoms with E-state index in [1.807, 2.05) is 0 Å². The summed E-state index contributed by atoms with van der Waals surface area (Å²) in [5, 5.41) is 38.9. The van der Waals surface area contributed by atoms with Gasteiger partial charge in [0, 0.05) is 37.6 Å². The molecule has 4 saturated heterocycles. The molecule has 4 aliphatic rings. The zero-order chi connectivity index (χ0) is 23.4. The quantitative estimate of drug-likeness (QED) is 0.307. The summed E-state index contributed by atoms with van der Waals surface area (Å²) in [6.07, 6.45) is -8.32. The van der Waals surface area contributed by atoms with Crippen molar-refractivity contribution >= 4 is 34.9 Å². The Hall–Kier alpha value is -0.940. The summed E-state index contributed by atoms with van der Waals surface area (Å²) in [6, 6.07) is 0. The van der Waals surface area contributed by atoms with Gasteiger partial charge < -0.3 is 58.3 Å². The van der Waals surface area contributed by atoms with Gasteiger partial charge in [0.15, 0.2) is 24.8 Å². The highest BCUT2D eigenvalue weighted by Crippen LogP contribution is 2.29. The van der Waals surface area contributed by atoms with Crippen LogP contribution in [0.2, 0.25) is 0 Å². The van der Waals surface area contributed by atoms with Gasteiger partial charge in [-0.15, -0.1) is 0 Å². The van der Waals surface area contributed by atoms with Gasteiger partial charge in [0.1, 0.15) is 49.8 Å². The Labute approximate surface area is 195 Å². The molecule has 4 rings (SSSR count). The molecule has 0 aromatic rings. The second kappa shape index (κ2) is 11.5. The summed E-state index contributed by atoms with van der Waals surface area (Å²) in [7, 11) is 0. The predicted molar refractivity (Wildman–Crippen MR) is 111 cm³/mol. The van der Waals surface area contributed by atoms with Crippen molar-refractivity contribution in [1.82, 2.24) is 0 Å². The van der Waals surface area contributed by atoms with Crippen LogP contribution in [0.3, 0.4) is 0 Å². The van der Waals surface area contributed by atoms with Crippen LogP contribution in [0.5, 0.6) is 0 Å². The molecule has 4 fully saturated rings. The molecule has 0 radical (unpaired) electrons. The Balaban J connectivity index is 0.000000181. The third kappa shape index (κ3) is 5.75. The Morgan fingerprint density at radius 3 is 1.38 bits per heavy atom. The number of aliphatic hydroxyl groups excluding tert-OH is 4. The highest BCUT2D eigenvalue weighted by molar-refractivity contribution is 7.80. The lowest BCUT2D eigenvalue weighted by Gasteiger charge is -2.18. The minimum absolute atomic E-state index is 0.0372. The Bertz CT molecular complexity index is 599. The zero-order valence-electron chi connectivity index (χ0n) is 17.5. The van der Waals surface area contributed by atoms with Crippen LogP contribution < -0.4 is 0 Å². The summed E-state index contributed by atoms with van der Waals surface area (Å²) < 4.78 is 41.2. The number of ether oxygens (including phenoxy) is 8. The molecule has 0 bridgehead atoms. The van der Waals surface area contributed by atoms with Crippen molar-refractivity contribution < 1.29 is 58.3 Å². The molecule has 0 aromatic heterocycles. The molecule has 0 saturated carbocycles. The molecular formula is C18H28O12S2. The lowest BCUT2D eigenvalue weighted by atomic mass is 10.1. The molecule has 10 unspecified atom stereocenters. The zero-order valence-corrected chi connectivity index (χ0v) is 19.1. The molecule has 10 atom stereocenters. The van der Waals surface area contributed by atoms with Gasteiger partial charge in [-0.2, -0.15) is 0 Å². The first-order valence-corrected chi connectivity index (χ1v) is 11.0. The van der Waals surface area contributed by atoms with Crippen LogP contribution in [0.25, 0.3) is 0 Å². The fraction of sp³-hybridized carbons (Fsp3) is 0.889. The van der Waals surface area contributed by atoms with E-state index in [9.17, 15) is 20.4 Å². The summed E-state index contributed by atoms with van der Waals surface area (Å²) >= 11 is 9.41. The van der Waals surface area contributed by atoms with Gasteiger partial charge in [0.05, 0.1) is 0 Å². The molecule has 0 amide bonds. The monoisotopic (exact) mass is 500 g/mol. The van der Waals surface area contributed by atoms with E-state index in [0.29, 0.717) is 13.2 Å². The van der Waals surface area contributed by atoms with Gasteiger partial charge in [-0.3, -0.25) is 0 Å². The summed E-state index contributed by atoms with van der Waals surface area (Å²) in [5.41, 5.74) is 0. The second-order valence-corrected chi connectivity index (χ2v) is 7.91. The highest BCUT2D eigenvalue weighted by Gasteiger charge is 2.50. The first-order chi connectivity index (χ1) is 15.3. The number of hydrogen-bond donors (Lipinski definition) is 4. The SMILES string of the molecule is CCOC1OC(C2COC(=S)O2)C(O)C1O.CCOC1OC(C2COC(=S)O2)C(O)C1O.